The monoisotopic (exact) mass is 242 g/mol. The Bertz CT molecular complexity index is 733. The van der Waals surface area contributed by atoms with Gasteiger partial charge in [-0.3, -0.25) is 0 Å². The Morgan fingerprint density at radius 2 is 2.06 bits per heavy atom. The molecular weight excluding hydrogens is 231 g/mol. The van der Waals surface area contributed by atoms with Crippen LogP contribution in [-0.4, -0.2) is 19.9 Å². The van der Waals surface area contributed by atoms with Crippen LogP contribution in [0.15, 0.2) is 24.7 Å². The summed E-state index contributed by atoms with van der Waals surface area (Å²) in [4.78, 5) is 15.7. The van der Waals surface area contributed by atoms with E-state index in [1.165, 1.54) is 12.4 Å². The summed E-state index contributed by atoms with van der Waals surface area (Å²) < 4.78 is 13.5. The summed E-state index contributed by atoms with van der Waals surface area (Å²) in [7, 11) is 0. The zero-order valence-corrected chi connectivity index (χ0v) is 10.0. The Labute approximate surface area is 103 Å². The fraction of sp³-hybridized carbons (Fsp3) is 0.154. The number of aromatic amines is 1. The Morgan fingerprint density at radius 3 is 2.83 bits per heavy atom. The second-order valence-corrected chi connectivity index (χ2v) is 4.18. The highest BCUT2D eigenvalue weighted by Gasteiger charge is 2.11. The van der Waals surface area contributed by atoms with E-state index in [-0.39, 0.29) is 5.82 Å². The molecule has 0 saturated carbocycles. The molecule has 5 heteroatoms. The molecule has 3 rings (SSSR count). The highest BCUT2D eigenvalue weighted by molar-refractivity contribution is 5.82. The van der Waals surface area contributed by atoms with Gasteiger partial charge in [0.1, 0.15) is 18.0 Å². The van der Waals surface area contributed by atoms with Gasteiger partial charge in [-0.15, -0.1) is 0 Å². The molecule has 2 aromatic heterocycles. The van der Waals surface area contributed by atoms with Crippen LogP contribution >= 0.6 is 0 Å². The lowest BCUT2D eigenvalue weighted by Crippen LogP contribution is -1.90. The molecular formula is C13H11FN4. The number of nitrogens with one attached hydrogen (secondary N) is 1. The number of fused-ring (bicyclic) bond motifs is 1. The standard InChI is InChI=1S/C13H11FN4/c1-7-10(14)3-4-11-12(7)18-13(17-11)9-5-15-6-16-8(9)2/h3-6H,1-2H3,(H,17,18). The number of rotatable bonds is 1. The van der Waals surface area contributed by atoms with Crippen LogP contribution in [0.25, 0.3) is 22.4 Å². The first-order chi connectivity index (χ1) is 8.66. The SMILES string of the molecule is Cc1ncncc1-c1nc2c(C)c(F)ccc2[nH]1. The van der Waals surface area contributed by atoms with E-state index in [0.717, 1.165) is 16.8 Å². The minimum Gasteiger partial charge on any atom is -0.338 e. The number of hydrogen-bond donors (Lipinski definition) is 1. The number of benzene rings is 1. The van der Waals surface area contributed by atoms with Gasteiger partial charge in [-0.2, -0.15) is 0 Å². The summed E-state index contributed by atoms with van der Waals surface area (Å²) in [5, 5.41) is 0. The van der Waals surface area contributed by atoms with Crippen molar-refractivity contribution in [2.75, 3.05) is 0 Å². The second kappa shape index (κ2) is 3.87. The maximum Gasteiger partial charge on any atom is 0.141 e. The quantitative estimate of drug-likeness (QED) is 0.713. The zero-order chi connectivity index (χ0) is 12.7. The third kappa shape index (κ3) is 1.55. The number of halogens is 1. The van der Waals surface area contributed by atoms with E-state index in [1.807, 2.05) is 6.92 Å². The van der Waals surface area contributed by atoms with Crippen molar-refractivity contribution < 1.29 is 4.39 Å². The van der Waals surface area contributed by atoms with Gasteiger partial charge < -0.3 is 4.98 Å². The third-order valence-electron chi connectivity index (χ3n) is 3.01. The maximum atomic E-state index is 13.5. The average molecular weight is 242 g/mol. The first kappa shape index (κ1) is 10.8. The highest BCUT2D eigenvalue weighted by Crippen LogP contribution is 2.24. The van der Waals surface area contributed by atoms with Gasteiger partial charge in [0.25, 0.3) is 0 Å². The number of aryl methyl sites for hydroxylation is 2. The molecule has 3 aromatic rings. The molecule has 0 aliphatic carbocycles. The Kier molecular flexibility index (Phi) is 2.33. The summed E-state index contributed by atoms with van der Waals surface area (Å²) >= 11 is 0. The van der Waals surface area contributed by atoms with Gasteiger partial charge in [0.2, 0.25) is 0 Å². The summed E-state index contributed by atoms with van der Waals surface area (Å²) in [6, 6.07) is 3.13. The number of hydrogen-bond acceptors (Lipinski definition) is 3. The third-order valence-corrected chi connectivity index (χ3v) is 3.01. The van der Waals surface area contributed by atoms with Crippen LogP contribution in [0.5, 0.6) is 0 Å². The molecule has 0 saturated heterocycles. The lowest BCUT2D eigenvalue weighted by atomic mass is 10.2. The molecule has 0 aliphatic rings. The Morgan fingerprint density at radius 1 is 1.22 bits per heavy atom. The zero-order valence-electron chi connectivity index (χ0n) is 10.0. The summed E-state index contributed by atoms with van der Waals surface area (Å²) in [6.45, 7) is 3.61. The average Bonchev–Trinajstić information content (AvgIpc) is 2.79. The minimum absolute atomic E-state index is 0.249. The fourth-order valence-corrected chi connectivity index (χ4v) is 1.94. The van der Waals surface area contributed by atoms with Gasteiger partial charge in [0.15, 0.2) is 0 Å². The molecule has 2 heterocycles. The van der Waals surface area contributed by atoms with Crippen molar-refractivity contribution in [2.45, 2.75) is 13.8 Å². The Hall–Kier alpha value is -2.30. The van der Waals surface area contributed by atoms with Gasteiger partial charge in [0, 0.05) is 11.8 Å². The normalized spacial score (nSPS) is 11.1. The van der Waals surface area contributed by atoms with E-state index in [1.54, 1.807) is 19.2 Å². The molecule has 0 fully saturated rings. The molecule has 0 atom stereocenters. The van der Waals surface area contributed by atoms with Gasteiger partial charge in [0.05, 0.1) is 22.3 Å². The number of nitrogens with zero attached hydrogens (tertiary/aromatic N) is 3. The fourth-order valence-electron chi connectivity index (χ4n) is 1.94. The topological polar surface area (TPSA) is 54.5 Å². The van der Waals surface area contributed by atoms with Crippen molar-refractivity contribution in [3.05, 3.63) is 41.7 Å². The molecule has 0 bridgehead atoms. The van der Waals surface area contributed by atoms with Crippen molar-refractivity contribution in [3.63, 3.8) is 0 Å². The van der Waals surface area contributed by atoms with E-state index in [9.17, 15) is 4.39 Å². The van der Waals surface area contributed by atoms with E-state index >= 15 is 0 Å². The molecule has 0 amide bonds. The van der Waals surface area contributed by atoms with E-state index in [0.29, 0.717) is 16.9 Å². The lowest BCUT2D eigenvalue weighted by molar-refractivity contribution is 0.620. The van der Waals surface area contributed by atoms with Crippen LogP contribution in [-0.2, 0) is 0 Å². The maximum absolute atomic E-state index is 13.5. The van der Waals surface area contributed by atoms with Crippen LogP contribution in [0.3, 0.4) is 0 Å². The van der Waals surface area contributed by atoms with Crippen LogP contribution in [0.4, 0.5) is 4.39 Å². The van der Waals surface area contributed by atoms with Crippen molar-refractivity contribution in [2.24, 2.45) is 0 Å². The van der Waals surface area contributed by atoms with E-state index in [2.05, 4.69) is 19.9 Å². The minimum atomic E-state index is -0.249. The number of H-pyrrole nitrogens is 1. The van der Waals surface area contributed by atoms with Crippen LogP contribution in [0.1, 0.15) is 11.3 Å². The smallest absolute Gasteiger partial charge is 0.141 e. The van der Waals surface area contributed by atoms with Gasteiger partial charge in [-0.05, 0) is 26.0 Å². The van der Waals surface area contributed by atoms with Crippen molar-refractivity contribution in [3.8, 4) is 11.4 Å². The van der Waals surface area contributed by atoms with Gasteiger partial charge in [-0.25, -0.2) is 19.3 Å². The molecule has 1 N–H and O–H groups in total. The van der Waals surface area contributed by atoms with Crippen LogP contribution in [0, 0.1) is 19.7 Å². The van der Waals surface area contributed by atoms with Crippen molar-refractivity contribution in [1.29, 1.82) is 0 Å². The molecule has 18 heavy (non-hydrogen) atoms. The molecule has 0 unspecified atom stereocenters. The summed E-state index contributed by atoms with van der Waals surface area (Å²) in [5.41, 5.74) is 3.67. The first-order valence-corrected chi connectivity index (χ1v) is 5.58. The predicted octanol–water partition coefficient (Wildman–Crippen LogP) is 2.78. The molecule has 4 nitrogen and oxygen atoms in total. The van der Waals surface area contributed by atoms with Crippen molar-refractivity contribution in [1.82, 2.24) is 19.9 Å². The summed E-state index contributed by atoms with van der Waals surface area (Å²) in [6.07, 6.45) is 3.19. The number of aromatic nitrogens is 4. The van der Waals surface area contributed by atoms with Crippen LogP contribution < -0.4 is 0 Å². The van der Waals surface area contributed by atoms with Crippen molar-refractivity contribution >= 4 is 11.0 Å². The largest absolute Gasteiger partial charge is 0.338 e. The Balaban J connectivity index is 2.26. The van der Waals surface area contributed by atoms with E-state index < -0.39 is 0 Å². The lowest BCUT2D eigenvalue weighted by Gasteiger charge is -1.98. The molecule has 90 valence electrons. The number of imidazole rings is 1. The first-order valence-electron chi connectivity index (χ1n) is 5.58. The molecule has 0 spiro atoms. The van der Waals surface area contributed by atoms with Gasteiger partial charge >= 0.3 is 0 Å². The second-order valence-electron chi connectivity index (χ2n) is 4.18. The highest BCUT2D eigenvalue weighted by atomic mass is 19.1. The molecule has 0 radical (unpaired) electrons. The molecule has 1 aromatic carbocycles. The molecule has 0 aliphatic heterocycles. The summed E-state index contributed by atoms with van der Waals surface area (Å²) in [5.74, 6) is 0.415. The van der Waals surface area contributed by atoms with Gasteiger partial charge in [-0.1, -0.05) is 0 Å². The van der Waals surface area contributed by atoms with E-state index in [4.69, 9.17) is 0 Å². The van der Waals surface area contributed by atoms with Crippen LogP contribution in [0.2, 0.25) is 0 Å². The predicted molar refractivity (Wildman–Crippen MR) is 66.6 cm³/mol.